The summed E-state index contributed by atoms with van der Waals surface area (Å²) in [5, 5.41) is 8.77. The molecule has 0 fully saturated rings. The molecule has 0 radical (unpaired) electrons. The van der Waals surface area contributed by atoms with Crippen LogP contribution in [0, 0.1) is 0 Å². The van der Waals surface area contributed by atoms with E-state index in [4.69, 9.17) is 5.11 Å². The maximum absolute atomic E-state index is 12.0. The summed E-state index contributed by atoms with van der Waals surface area (Å²) in [6.07, 6.45) is 3.23. The van der Waals surface area contributed by atoms with E-state index < -0.39 is 5.97 Å². The van der Waals surface area contributed by atoms with Crippen molar-refractivity contribution in [2.75, 3.05) is 11.9 Å². The van der Waals surface area contributed by atoms with Crippen LogP contribution in [0.25, 0.3) is 0 Å². The molecule has 0 saturated carbocycles. The lowest BCUT2D eigenvalue weighted by Crippen LogP contribution is -2.28. The lowest BCUT2D eigenvalue weighted by atomic mass is 10.2. The number of hydrogen-bond donors (Lipinski definition) is 2. The molecule has 1 amide bonds. The van der Waals surface area contributed by atoms with E-state index in [2.05, 4.69) is 9.97 Å². The number of carbonyl (C=O) groups is 2. The number of carbonyl (C=O) groups excluding carboxylic acids is 1. The second kappa shape index (κ2) is 5.34. The Morgan fingerprint density at radius 1 is 1.37 bits per heavy atom. The molecule has 2 rings (SSSR count). The molecule has 0 atom stereocenters. The molecule has 98 valence electrons. The molecule has 0 bridgehead atoms. The number of nitrogens with one attached hydrogen (secondary N) is 1. The number of H-pyrrole nitrogens is 1. The summed E-state index contributed by atoms with van der Waals surface area (Å²) in [5.74, 6) is -0.751. The average molecular weight is 259 g/mol. The molecule has 2 N–H and O–H groups in total. The molecular formula is C13H13N3O3. The Labute approximate surface area is 109 Å². The first-order valence-corrected chi connectivity index (χ1v) is 5.66. The van der Waals surface area contributed by atoms with Gasteiger partial charge in [0.1, 0.15) is 5.82 Å². The molecule has 0 saturated heterocycles. The minimum atomic E-state index is -1.04. The molecule has 0 aliphatic rings. The second-order valence-corrected chi connectivity index (χ2v) is 4.04. The molecule has 0 spiro atoms. The Balaban J connectivity index is 2.08. The first-order chi connectivity index (χ1) is 9.08. The molecule has 2 aromatic heterocycles. The summed E-state index contributed by atoms with van der Waals surface area (Å²) in [4.78, 5) is 31.0. The van der Waals surface area contributed by atoms with Crippen molar-refractivity contribution >= 4 is 17.7 Å². The quantitative estimate of drug-likeness (QED) is 0.866. The highest BCUT2D eigenvalue weighted by atomic mass is 16.4. The van der Waals surface area contributed by atoms with Crippen LogP contribution in [0.2, 0.25) is 0 Å². The Morgan fingerprint density at radius 3 is 2.68 bits per heavy atom. The first-order valence-electron chi connectivity index (χ1n) is 5.66. The number of hydrogen-bond acceptors (Lipinski definition) is 3. The third kappa shape index (κ3) is 2.98. The van der Waals surface area contributed by atoms with Gasteiger partial charge < -0.3 is 10.1 Å². The van der Waals surface area contributed by atoms with Crippen molar-refractivity contribution < 1.29 is 14.7 Å². The number of nitrogens with zero attached hydrogens (tertiary/aromatic N) is 2. The van der Waals surface area contributed by atoms with Gasteiger partial charge in [-0.2, -0.15) is 0 Å². The van der Waals surface area contributed by atoms with Crippen LogP contribution >= 0.6 is 0 Å². The molecule has 0 aromatic carbocycles. The van der Waals surface area contributed by atoms with Crippen LogP contribution in [0.3, 0.4) is 0 Å². The highest BCUT2D eigenvalue weighted by Gasteiger charge is 2.13. The number of carboxylic acids is 1. The molecule has 0 aliphatic carbocycles. The largest absolute Gasteiger partial charge is 0.478 e. The molecule has 6 nitrogen and oxygen atoms in total. The van der Waals surface area contributed by atoms with Crippen molar-refractivity contribution in [2.24, 2.45) is 0 Å². The van der Waals surface area contributed by atoms with E-state index in [0.717, 1.165) is 5.69 Å². The van der Waals surface area contributed by atoms with Gasteiger partial charge in [-0.15, -0.1) is 0 Å². The predicted octanol–water partition coefficient (Wildman–Crippen LogP) is 1.31. The van der Waals surface area contributed by atoms with Gasteiger partial charge in [0.2, 0.25) is 5.91 Å². The lowest BCUT2D eigenvalue weighted by Gasteiger charge is -2.15. The lowest BCUT2D eigenvalue weighted by molar-refractivity contribution is -0.117. The number of rotatable bonds is 4. The highest BCUT2D eigenvalue weighted by molar-refractivity contribution is 5.93. The van der Waals surface area contributed by atoms with Crippen LogP contribution < -0.4 is 4.90 Å². The van der Waals surface area contributed by atoms with Gasteiger partial charge in [0.15, 0.2) is 0 Å². The van der Waals surface area contributed by atoms with Gasteiger partial charge in [0.25, 0.3) is 0 Å². The van der Waals surface area contributed by atoms with E-state index in [1.807, 2.05) is 12.1 Å². The zero-order chi connectivity index (χ0) is 13.8. The number of amides is 1. The molecule has 0 aliphatic heterocycles. The summed E-state index contributed by atoms with van der Waals surface area (Å²) in [6.45, 7) is 0. The standard InChI is InChI=1S/C13H13N3O3/c1-16(12(17)7-10-3-2-6-14-10)11-5-4-9(8-15-11)13(18)19/h2-6,8,14H,7H2,1H3,(H,18,19). The minimum absolute atomic E-state index is 0.0916. The fourth-order valence-electron chi connectivity index (χ4n) is 1.60. The van der Waals surface area contributed by atoms with Crippen LogP contribution in [0.1, 0.15) is 16.1 Å². The zero-order valence-corrected chi connectivity index (χ0v) is 10.3. The van der Waals surface area contributed by atoms with E-state index in [0.29, 0.717) is 5.82 Å². The smallest absolute Gasteiger partial charge is 0.337 e. The van der Waals surface area contributed by atoms with Gasteiger partial charge in [0.05, 0.1) is 12.0 Å². The van der Waals surface area contributed by atoms with Crippen molar-refractivity contribution in [3.8, 4) is 0 Å². The van der Waals surface area contributed by atoms with Crippen LogP contribution in [-0.2, 0) is 11.2 Å². The number of pyridine rings is 1. The van der Waals surface area contributed by atoms with Crippen molar-refractivity contribution in [1.82, 2.24) is 9.97 Å². The SMILES string of the molecule is CN(C(=O)Cc1ccc[nH]1)c1ccc(C(=O)O)cn1. The van der Waals surface area contributed by atoms with Crippen molar-refractivity contribution in [2.45, 2.75) is 6.42 Å². The fraction of sp³-hybridized carbons (Fsp3) is 0.154. The summed E-state index contributed by atoms with van der Waals surface area (Å²) in [5.41, 5.74) is 0.910. The zero-order valence-electron chi connectivity index (χ0n) is 10.3. The normalized spacial score (nSPS) is 10.2. The number of carboxylic acid groups (broad SMARTS) is 1. The van der Waals surface area contributed by atoms with Crippen molar-refractivity contribution in [3.05, 3.63) is 47.9 Å². The van der Waals surface area contributed by atoms with E-state index in [9.17, 15) is 9.59 Å². The Bertz CT molecular complexity index is 576. The molecule has 19 heavy (non-hydrogen) atoms. The maximum atomic E-state index is 12.0. The monoisotopic (exact) mass is 259 g/mol. The van der Waals surface area contributed by atoms with Crippen LogP contribution in [-0.4, -0.2) is 34.0 Å². The topological polar surface area (TPSA) is 86.3 Å². The Kier molecular flexibility index (Phi) is 3.61. The number of aromatic amines is 1. The second-order valence-electron chi connectivity index (χ2n) is 4.04. The Morgan fingerprint density at radius 2 is 2.16 bits per heavy atom. The van der Waals surface area contributed by atoms with Gasteiger partial charge in [-0.3, -0.25) is 9.69 Å². The molecule has 2 aromatic rings. The summed E-state index contributed by atoms with van der Waals surface area (Å²) < 4.78 is 0. The van der Waals surface area contributed by atoms with Crippen LogP contribution in [0.4, 0.5) is 5.82 Å². The summed E-state index contributed by atoms with van der Waals surface area (Å²) >= 11 is 0. The highest BCUT2D eigenvalue weighted by Crippen LogP contribution is 2.11. The van der Waals surface area contributed by atoms with Gasteiger partial charge in [0, 0.05) is 25.1 Å². The molecule has 6 heteroatoms. The van der Waals surface area contributed by atoms with Crippen LogP contribution in [0.15, 0.2) is 36.7 Å². The summed E-state index contributed by atoms with van der Waals surface area (Å²) in [6, 6.07) is 6.58. The Hall–Kier alpha value is -2.63. The predicted molar refractivity (Wildman–Crippen MR) is 69.1 cm³/mol. The summed E-state index contributed by atoms with van der Waals surface area (Å²) in [7, 11) is 1.61. The number of likely N-dealkylation sites (N-methyl/N-ethyl adjacent to an activating group) is 1. The molecule has 0 unspecified atom stereocenters. The average Bonchev–Trinajstić information content (AvgIpc) is 2.90. The van der Waals surface area contributed by atoms with Crippen molar-refractivity contribution in [3.63, 3.8) is 0 Å². The van der Waals surface area contributed by atoms with Crippen LogP contribution in [0.5, 0.6) is 0 Å². The van der Waals surface area contributed by atoms with Gasteiger partial charge >= 0.3 is 5.97 Å². The van der Waals surface area contributed by atoms with Gasteiger partial charge in [-0.25, -0.2) is 9.78 Å². The number of aromatic nitrogens is 2. The molecular weight excluding hydrogens is 246 g/mol. The fourth-order valence-corrected chi connectivity index (χ4v) is 1.60. The third-order valence-corrected chi connectivity index (χ3v) is 2.72. The van der Waals surface area contributed by atoms with Crippen molar-refractivity contribution in [1.29, 1.82) is 0 Å². The van der Waals surface area contributed by atoms with E-state index in [1.165, 1.54) is 23.2 Å². The van der Waals surface area contributed by atoms with E-state index in [1.54, 1.807) is 13.2 Å². The minimum Gasteiger partial charge on any atom is -0.478 e. The first kappa shape index (κ1) is 12.8. The van der Waals surface area contributed by atoms with Gasteiger partial charge in [-0.1, -0.05) is 0 Å². The third-order valence-electron chi connectivity index (χ3n) is 2.72. The maximum Gasteiger partial charge on any atom is 0.337 e. The van der Waals surface area contributed by atoms with E-state index in [-0.39, 0.29) is 17.9 Å². The number of aromatic carboxylic acids is 1. The van der Waals surface area contributed by atoms with E-state index >= 15 is 0 Å². The molecule has 2 heterocycles. The number of anilines is 1. The van der Waals surface area contributed by atoms with Gasteiger partial charge in [-0.05, 0) is 24.3 Å².